The number of hydrogen-bond acceptors (Lipinski definition) is 1. The molecule has 70 valence electrons. The van der Waals surface area contributed by atoms with E-state index in [1.807, 2.05) is 0 Å². The van der Waals surface area contributed by atoms with Crippen LogP contribution in [0.15, 0.2) is 12.2 Å². The van der Waals surface area contributed by atoms with Crippen molar-refractivity contribution < 1.29 is 0 Å². The first-order valence-electron chi connectivity index (χ1n) is 5.16. The first-order valence-corrected chi connectivity index (χ1v) is 5.16. The third-order valence-electron chi connectivity index (χ3n) is 2.73. The first kappa shape index (κ1) is 9.79. The summed E-state index contributed by atoms with van der Waals surface area (Å²) in [5, 5.41) is 0. The molecule has 0 N–H and O–H groups in total. The van der Waals surface area contributed by atoms with Crippen LogP contribution in [0.4, 0.5) is 0 Å². The van der Waals surface area contributed by atoms with Crippen LogP contribution in [0.3, 0.4) is 0 Å². The Morgan fingerprint density at radius 1 is 1.42 bits per heavy atom. The second-order valence-electron chi connectivity index (χ2n) is 3.89. The van der Waals surface area contributed by atoms with Gasteiger partial charge in [-0.2, -0.15) is 0 Å². The molecule has 1 rings (SSSR count). The van der Waals surface area contributed by atoms with Crippen molar-refractivity contribution in [2.75, 3.05) is 6.54 Å². The summed E-state index contributed by atoms with van der Waals surface area (Å²) < 4.78 is 0. The highest BCUT2D eigenvalue weighted by Crippen LogP contribution is 2.16. The molecule has 0 aromatic carbocycles. The van der Waals surface area contributed by atoms with E-state index in [-0.39, 0.29) is 0 Å². The van der Waals surface area contributed by atoms with Crippen molar-refractivity contribution in [2.45, 2.75) is 52.1 Å². The van der Waals surface area contributed by atoms with Crippen molar-refractivity contribution in [3.8, 4) is 0 Å². The van der Waals surface area contributed by atoms with Crippen LogP contribution >= 0.6 is 0 Å². The van der Waals surface area contributed by atoms with E-state index in [4.69, 9.17) is 0 Å². The van der Waals surface area contributed by atoms with E-state index in [9.17, 15) is 0 Å². The Morgan fingerprint density at radius 3 is 2.75 bits per heavy atom. The molecule has 1 atom stereocenters. The van der Waals surface area contributed by atoms with Gasteiger partial charge in [0.15, 0.2) is 0 Å². The van der Waals surface area contributed by atoms with E-state index < -0.39 is 0 Å². The van der Waals surface area contributed by atoms with Crippen molar-refractivity contribution in [3.05, 3.63) is 12.2 Å². The summed E-state index contributed by atoms with van der Waals surface area (Å²) in [7, 11) is 0. The van der Waals surface area contributed by atoms with Crippen LogP contribution < -0.4 is 0 Å². The van der Waals surface area contributed by atoms with Gasteiger partial charge in [-0.15, -0.1) is 0 Å². The normalized spacial score (nSPS) is 26.2. The fourth-order valence-corrected chi connectivity index (χ4v) is 1.99. The quantitative estimate of drug-likeness (QED) is 0.572. The summed E-state index contributed by atoms with van der Waals surface area (Å²) in [5.41, 5.74) is 0. The molecule has 0 aromatic heterocycles. The van der Waals surface area contributed by atoms with Gasteiger partial charge in [-0.05, 0) is 33.1 Å². The van der Waals surface area contributed by atoms with E-state index in [1.54, 1.807) is 0 Å². The molecule has 0 bridgehead atoms. The van der Waals surface area contributed by atoms with Gasteiger partial charge in [-0.3, -0.25) is 4.90 Å². The molecule has 1 heterocycles. The van der Waals surface area contributed by atoms with Gasteiger partial charge in [0.05, 0.1) is 0 Å². The van der Waals surface area contributed by atoms with Gasteiger partial charge in [-0.25, -0.2) is 0 Å². The summed E-state index contributed by atoms with van der Waals surface area (Å²) in [4.78, 5) is 2.62. The third kappa shape index (κ3) is 2.34. The fraction of sp³-hybridized carbons (Fsp3) is 0.818. The van der Waals surface area contributed by atoms with Crippen LogP contribution in [0, 0.1) is 0 Å². The van der Waals surface area contributed by atoms with Crippen molar-refractivity contribution in [1.82, 2.24) is 4.90 Å². The number of nitrogens with zero attached hydrogens (tertiary/aromatic N) is 1. The Balaban J connectivity index is 2.56. The molecular weight excluding hydrogens is 146 g/mol. The molecule has 12 heavy (non-hydrogen) atoms. The predicted octanol–water partition coefficient (Wildman–Crippen LogP) is 2.83. The molecule has 1 aliphatic heterocycles. The molecule has 0 spiro atoms. The smallest absolute Gasteiger partial charge is 0.0130 e. The maximum atomic E-state index is 2.62. The summed E-state index contributed by atoms with van der Waals surface area (Å²) in [6.45, 7) is 8.13. The predicted molar refractivity (Wildman–Crippen MR) is 54.3 cm³/mol. The van der Waals surface area contributed by atoms with Gasteiger partial charge in [0.1, 0.15) is 0 Å². The average Bonchev–Trinajstić information content (AvgIpc) is 2.27. The van der Waals surface area contributed by atoms with Crippen molar-refractivity contribution in [2.24, 2.45) is 0 Å². The molecule has 0 saturated heterocycles. The topological polar surface area (TPSA) is 3.24 Å². The van der Waals surface area contributed by atoms with Gasteiger partial charge >= 0.3 is 0 Å². The molecule has 1 heteroatoms. The minimum atomic E-state index is 0.704. The van der Waals surface area contributed by atoms with Crippen LogP contribution in [-0.2, 0) is 0 Å². The molecule has 1 aliphatic rings. The molecule has 0 aliphatic carbocycles. The lowest BCUT2D eigenvalue weighted by atomic mass is 10.1. The standard InChI is InChI=1S/C11H21N/c1-4-11-8-6-5-7-9-12(11)10(2)3/h5-6,10-11H,4,7-9H2,1-3H3. The lowest BCUT2D eigenvalue weighted by Crippen LogP contribution is -2.39. The molecule has 1 unspecified atom stereocenters. The SMILES string of the molecule is CCC1CC=CCCN1C(C)C. The van der Waals surface area contributed by atoms with Crippen molar-refractivity contribution >= 4 is 0 Å². The largest absolute Gasteiger partial charge is 0.297 e. The molecule has 0 aromatic rings. The Kier molecular flexibility index (Phi) is 3.80. The Labute approximate surface area is 76.5 Å². The Hall–Kier alpha value is -0.300. The van der Waals surface area contributed by atoms with Crippen LogP contribution in [0.25, 0.3) is 0 Å². The maximum absolute atomic E-state index is 2.62. The van der Waals surface area contributed by atoms with Crippen molar-refractivity contribution in [1.29, 1.82) is 0 Å². The summed E-state index contributed by atoms with van der Waals surface area (Å²) in [6.07, 6.45) is 8.42. The zero-order valence-corrected chi connectivity index (χ0v) is 8.59. The molecule has 0 radical (unpaired) electrons. The monoisotopic (exact) mass is 167 g/mol. The highest BCUT2D eigenvalue weighted by atomic mass is 15.2. The van der Waals surface area contributed by atoms with E-state index in [1.165, 1.54) is 25.8 Å². The third-order valence-corrected chi connectivity index (χ3v) is 2.73. The Morgan fingerprint density at radius 2 is 2.17 bits per heavy atom. The minimum absolute atomic E-state index is 0.704. The average molecular weight is 167 g/mol. The maximum Gasteiger partial charge on any atom is 0.0130 e. The lowest BCUT2D eigenvalue weighted by molar-refractivity contribution is 0.156. The number of rotatable bonds is 2. The molecule has 0 amide bonds. The van der Waals surface area contributed by atoms with E-state index in [0.717, 1.165) is 6.04 Å². The van der Waals surface area contributed by atoms with Gasteiger partial charge < -0.3 is 0 Å². The van der Waals surface area contributed by atoms with Gasteiger partial charge in [0.25, 0.3) is 0 Å². The summed E-state index contributed by atoms with van der Waals surface area (Å²) >= 11 is 0. The van der Waals surface area contributed by atoms with Gasteiger partial charge in [-0.1, -0.05) is 19.1 Å². The fourth-order valence-electron chi connectivity index (χ4n) is 1.99. The Bertz CT molecular complexity index is 149. The molecular formula is C11H21N. The number of hydrogen-bond donors (Lipinski definition) is 0. The highest BCUT2D eigenvalue weighted by molar-refractivity contribution is 4.92. The zero-order chi connectivity index (χ0) is 8.97. The summed E-state index contributed by atoms with van der Waals surface area (Å²) in [5.74, 6) is 0. The summed E-state index contributed by atoms with van der Waals surface area (Å²) in [6, 6.07) is 1.48. The minimum Gasteiger partial charge on any atom is -0.297 e. The first-order chi connectivity index (χ1) is 5.75. The van der Waals surface area contributed by atoms with Crippen LogP contribution in [0.2, 0.25) is 0 Å². The van der Waals surface area contributed by atoms with Crippen LogP contribution in [-0.4, -0.2) is 23.5 Å². The van der Waals surface area contributed by atoms with Crippen molar-refractivity contribution in [3.63, 3.8) is 0 Å². The molecule has 0 saturated carbocycles. The zero-order valence-electron chi connectivity index (χ0n) is 8.59. The van der Waals surface area contributed by atoms with Crippen LogP contribution in [0.1, 0.15) is 40.0 Å². The van der Waals surface area contributed by atoms with E-state index in [2.05, 4.69) is 37.8 Å². The highest BCUT2D eigenvalue weighted by Gasteiger charge is 2.18. The van der Waals surface area contributed by atoms with E-state index in [0.29, 0.717) is 6.04 Å². The lowest BCUT2D eigenvalue weighted by Gasteiger charge is -2.32. The molecule has 0 fully saturated rings. The second kappa shape index (κ2) is 4.66. The second-order valence-corrected chi connectivity index (χ2v) is 3.89. The van der Waals surface area contributed by atoms with Crippen LogP contribution in [0.5, 0.6) is 0 Å². The molecule has 1 nitrogen and oxygen atoms in total. The van der Waals surface area contributed by atoms with E-state index >= 15 is 0 Å². The van der Waals surface area contributed by atoms with Gasteiger partial charge in [0.2, 0.25) is 0 Å². The van der Waals surface area contributed by atoms with Gasteiger partial charge in [0, 0.05) is 18.6 Å².